The fraction of sp³-hybridized carbons (Fsp3) is 0.440. The number of hydrogen-bond donors (Lipinski definition) is 1. The first-order valence-corrected chi connectivity index (χ1v) is 11.6. The predicted molar refractivity (Wildman–Crippen MR) is 123 cm³/mol. The van der Waals surface area contributed by atoms with Gasteiger partial charge in [-0.05, 0) is 44.7 Å². The van der Waals surface area contributed by atoms with Crippen molar-refractivity contribution < 1.29 is 4.79 Å². The first-order valence-electron chi connectivity index (χ1n) is 11.6. The van der Waals surface area contributed by atoms with E-state index < -0.39 is 0 Å². The summed E-state index contributed by atoms with van der Waals surface area (Å²) < 4.78 is 0. The molecule has 7 heteroatoms. The molecule has 166 valence electrons. The number of nitrogens with one attached hydrogen (secondary N) is 1. The highest BCUT2D eigenvalue weighted by Crippen LogP contribution is 2.32. The van der Waals surface area contributed by atoms with E-state index in [0.29, 0.717) is 13.0 Å². The Hall–Kier alpha value is -3.06. The first-order chi connectivity index (χ1) is 15.7. The molecule has 2 aliphatic heterocycles. The number of H-pyrrole nitrogens is 1. The highest BCUT2D eigenvalue weighted by molar-refractivity contribution is 5.95. The van der Waals surface area contributed by atoms with Crippen molar-refractivity contribution in [2.24, 2.45) is 0 Å². The summed E-state index contributed by atoms with van der Waals surface area (Å²) in [7, 11) is 0. The standard InChI is InChI=1S/C25H30N6O/c1-18-21-9-10-23(32)31(14-5-8-19-6-3-2-4-7-19)25(21)29-24(28-18)20-11-15-30(16-20)17-22-26-12-13-27-22/h2-4,6-7,12-13,20H,5,8-11,14-17H2,1H3,(H,26,27). The first kappa shape index (κ1) is 20.8. The van der Waals surface area contributed by atoms with Gasteiger partial charge in [-0.25, -0.2) is 15.0 Å². The number of carbonyl (C=O) groups excluding carboxylic acids is 1. The number of aryl methyl sites for hydroxylation is 2. The minimum absolute atomic E-state index is 0.181. The van der Waals surface area contributed by atoms with Gasteiger partial charge in [-0.2, -0.15) is 0 Å². The maximum Gasteiger partial charge on any atom is 0.228 e. The molecular weight excluding hydrogens is 400 g/mol. The third-order valence-corrected chi connectivity index (χ3v) is 6.61. The summed E-state index contributed by atoms with van der Waals surface area (Å²) in [6, 6.07) is 10.5. The van der Waals surface area contributed by atoms with E-state index in [9.17, 15) is 4.79 Å². The zero-order valence-corrected chi connectivity index (χ0v) is 18.6. The Labute approximate surface area is 188 Å². The summed E-state index contributed by atoms with van der Waals surface area (Å²) >= 11 is 0. The molecule has 0 radical (unpaired) electrons. The molecule has 1 aromatic carbocycles. The average molecular weight is 431 g/mol. The minimum atomic E-state index is 0.181. The van der Waals surface area contributed by atoms with Crippen LogP contribution in [0.15, 0.2) is 42.7 Å². The monoisotopic (exact) mass is 430 g/mol. The van der Waals surface area contributed by atoms with Crippen molar-refractivity contribution in [2.75, 3.05) is 24.5 Å². The fourth-order valence-electron chi connectivity index (χ4n) is 4.89. The molecule has 32 heavy (non-hydrogen) atoms. The lowest BCUT2D eigenvalue weighted by Crippen LogP contribution is -2.38. The molecule has 2 aromatic heterocycles. The molecule has 1 fully saturated rings. The summed E-state index contributed by atoms with van der Waals surface area (Å²) in [5, 5.41) is 0. The molecule has 3 aromatic rings. The third-order valence-electron chi connectivity index (χ3n) is 6.61. The number of likely N-dealkylation sites (tertiary alicyclic amines) is 1. The van der Waals surface area contributed by atoms with Crippen molar-refractivity contribution in [2.45, 2.75) is 51.5 Å². The van der Waals surface area contributed by atoms with Gasteiger partial charge in [0, 0.05) is 49.1 Å². The van der Waals surface area contributed by atoms with E-state index in [1.54, 1.807) is 6.20 Å². The van der Waals surface area contributed by atoms with Gasteiger partial charge >= 0.3 is 0 Å². The topological polar surface area (TPSA) is 78.0 Å². The molecule has 2 aliphatic rings. The minimum Gasteiger partial charge on any atom is -0.348 e. The molecule has 1 unspecified atom stereocenters. The Kier molecular flexibility index (Phi) is 5.99. The highest BCUT2D eigenvalue weighted by atomic mass is 16.2. The summed E-state index contributed by atoms with van der Waals surface area (Å²) in [5.74, 6) is 3.19. The van der Waals surface area contributed by atoms with Gasteiger partial charge in [0.1, 0.15) is 17.5 Å². The molecule has 1 saturated heterocycles. The second-order valence-corrected chi connectivity index (χ2v) is 8.86. The predicted octanol–water partition coefficient (Wildman–Crippen LogP) is 3.41. The Morgan fingerprint density at radius 2 is 2.03 bits per heavy atom. The lowest BCUT2D eigenvalue weighted by molar-refractivity contribution is -0.119. The summed E-state index contributed by atoms with van der Waals surface area (Å²) in [5.41, 5.74) is 3.47. The van der Waals surface area contributed by atoms with E-state index >= 15 is 0 Å². The van der Waals surface area contributed by atoms with Crippen LogP contribution in [0.2, 0.25) is 0 Å². The van der Waals surface area contributed by atoms with Crippen LogP contribution in [0.5, 0.6) is 0 Å². The van der Waals surface area contributed by atoms with Gasteiger partial charge in [-0.3, -0.25) is 14.6 Å². The third kappa shape index (κ3) is 4.43. The molecule has 5 rings (SSSR count). The summed E-state index contributed by atoms with van der Waals surface area (Å²) in [6.07, 6.45) is 7.85. The van der Waals surface area contributed by atoms with Crippen LogP contribution in [-0.2, 0) is 24.2 Å². The van der Waals surface area contributed by atoms with Gasteiger partial charge in [0.2, 0.25) is 5.91 Å². The van der Waals surface area contributed by atoms with E-state index in [0.717, 1.165) is 74.0 Å². The van der Waals surface area contributed by atoms with E-state index in [2.05, 4.69) is 46.1 Å². The van der Waals surface area contributed by atoms with Crippen molar-refractivity contribution in [3.8, 4) is 0 Å². The maximum atomic E-state index is 12.8. The van der Waals surface area contributed by atoms with Gasteiger partial charge < -0.3 is 4.98 Å². The van der Waals surface area contributed by atoms with Crippen LogP contribution in [0, 0.1) is 6.92 Å². The Morgan fingerprint density at radius 1 is 1.16 bits per heavy atom. The van der Waals surface area contributed by atoms with Crippen LogP contribution >= 0.6 is 0 Å². The largest absolute Gasteiger partial charge is 0.348 e. The Morgan fingerprint density at radius 3 is 2.84 bits per heavy atom. The van der Waals surface area contributed by atoms with Crippen molar-refractivity contribution in [1.82, 2.24) is 24.8 Å². The number of amides is 1. The molecule has 1 atom stereocenters. The number of nitrogens with zero attached hydrogens (tertiary/aromatic N) is 5. The number of benzene rings is 1. The second kappa shape index (κ2) is 9.20. The molecule has 1 amide bonds. The van der Waals surface area contributed by atoms with Crippen molar-refractivity contribution in [3.63, 3.8) is 0 Å². The smallest absolute Gasteiger partial charge is 0.228 e. The number of rotatable bonds is 7. The second-order valence-electron chi connectivity index (χ2n) is 8.86. The lowest BCUT2D eigenvalue weighted by atomic mass is 10.0. The van der Waals surface area contributed by atoms with Crippen LogP contribution in [0.3, 0.4) is 0 Å². The highest BCUT2D eigenvalue weighted by Gasteiger charge is 2.31. The average Bonchev–Trinajstić information content (AvgIpc) is 3.48. The Bertz CT molecular complexity index is 1070. The van der Waals surface area contributed by atoms with E-state index in [1.165, 1.54) is 5.56 Å². The zero-order valence-electron chi connectivity index (χ0n) is 18.6. The van der Waals surface area contributed by atoms with E-state index in [1.807, 2.05) is 17.2 Å². The maximum absolute atomic E-state index is 12.8. The summed E-state index contributed by atoms with van der Waals surface area (Å²) in [4.78, 5) is 34.5. The number of imidazole rings is 1. The van der Waals surface area contributed by atoms with Gasteiger partial charge in [0.15, 0.2) is 0 Å². The molecule has 1 N–H and O–H groups in total. The van der Waals surface area contributed by atoms with Gasteiger partial charge in [0.05, 0.1) is 6.54 Å². The fourth-order valence-corrected chi connectivity index (χ4v) is 4.89. The quantitative estimate of drug-likeness (QED) is 0.622. The molecule has 0 aliphatic carbocycles. The number of fused-ring (bicyclic) bond motifs is 1. The van der Waals surface area contributed by atoms with Crippen molar-refractivity contribution in [1.29, 1.82) is 0 Å². The number of hydrogen-bond acceptors (Lipinski definition) is 5. The molecule has 7 nitrogen and oxygen atoms in total. The molecular formula is C25H30N6O. The van der Waals surface area contributed by atoms with Crippen LogP contribution in [0.1, 0.15) is 53.7 Å². The normalized spacial score (nSPS) is 18.8. The Balaban J connectivity index is 1.31. The molecule has 0 bridgehead atoms. The number of aromatic amines is 1. The molecule has 4 heterocycles. The zero-order chi connectivity index (χ0) is 21.9. The van der Waals surface area contributed by atoms with Crippen LogP contribution < -0.4 is 4.90 Å². The number of carbonyl (C=O) groups is 1. The van der Waals surface area contributed by atoms with Gasteiger partial charge in [-0.1, -0.05) is 30.3 Å². The number of aromatic nitrogens is 4. The SMILES string of the molecule is Cc1nc(C2CCN(Cc3ncc[nH]3)C2)nc2c1CCC(=O)N2CCCc1ccccc1. The molecule has 0 saturated carbocycles. The van der Waals surface area contributed by atoms with Gasteiger partial charge in [0.25, 0.3) is 0 Å². The number of anilines is 1. The summed E-state index contributed by atoms with van der Waals surface area (Å²) in [6.45, 7) is 5.51. The van der Waals surface area contributed by atoms with E-state index in [-0.39, 0.29) is 11.8 Å². The molecule has 0 spiro atoms. The van der Waals surface area contributed by atoms with Crippen molar-refractivity contribution in [3.05, 3.63) is 71.2 Å². The van der Waals surface area contributed by atoms with Crippen LogP contribution in [0.25, 0.3) is 0 Å². The van der Waals surface area contributed by atoms with E-state index in [4.69, 9.17) is 9.97 Å². The van der Waals surface area contributed by atoms with Crippen LogP contribution in [-0.4, -0.2) is 50.4 Å². The van der Waals surface area contributed by atoms with Crippen LogP contribution in [0.4, 0.5) is 5.82 Å². The lowest BCUT2D eigenvalue weighted by Gasteiger charge is -2.30. The van der Waals surface area contributed by atoms with Gasteiger partial charge in [-0.15, -0.1) is 0 Å². The van der Waals surface area contributed by atoms with Crippen molar-refractivity contribution >= 4 is 11.7 Å².